The molecule has 1 aromatic heterocycles. The Morgan fingerprint density at radius 2 is 1.90 bits per heavy atom. The highest BCUT2D eigenvalue weighted by Crippen LogP contribution is 2.26. The number of nitrogens with one attached hydrogen (secondary N) is 2. The topological polar surface area (TPSA) is 37.0 Å². The third-order valence-corrected chi connectivity index (χ3v) is 3.73. The van der Waals surface area contributed by atoms with Crippen molar-refractivity contribution in [1.82, 2.24) is 10.3 Å². The molecule has 0 aliphatic carbocycles. The Hall–Kier alpha value is -2.26. The van der Waals surface area contributed by atoms with Gasteiger partial charge in [0.25, 0.3) is 0 Å². The number of benzene rings is 2. The van der Waals surface area contributed by atoms with E-state index in [-0.39, 0.29) is 0 Å². The maximum atomic E-state index is 5.38. The Bertz CT molecular complexity index is 704. The van der Waals surface area contributed by atoms with Gasteiger partial charge in [-0.05, 0) is 30.2 Å². The third kappa shape index (κ3) is 3.09. The molecule has 0 spiro atoms. The molecule has 0 aliphatic rings. The van der Waals surface area contributed by atoms with Gasteiger partial charge >= 0.3 is 0 Å². The molecular weight excluding hydrogens is 260 g/mol. The second kappa shape index (κ2) is 6.46. The molecule has 3 heteroatoms. The van der Waals surface area contributed by atoms with Crippen molar-refractivity contribution >= 4 is 10.9 Å². The fourth-order valence-electron chi connectivity index (χ4n) is 2.61. The first kappa shape index (κ1) is 13.7. The summed E-state index contributed by atoms with van der Waals surface area (Å²) < 4.78 is 5.38. The highest BCUT2D eigenvalue weighted by molar-refractivity contribution is 5.88. The van der Waals surface area contributed by atoms with Crippen LogP contribution in [0.15, 0.2) is 54.7 Å². The van der Waals surface area contributed by atoms with E-state index in [9.17, 15) is 0 Å². The second-order valence-corrected chi connectivity index (χ2v) is 5.11. The van der Waals surface area contributed by atoms with E-state index < -0.39 is 0 Å². The number of ether oxygens (including phenoxy) is 1. The zero-order valence-corrected chi connectivity index (χ0v) is 12.2. The minimum Gasteiger partial charge on any atom is -0.495 e. The summed E-state index contributed by atoms with van der Waals surface area (Å²) in [5, 5.41) is 4.73. The Morgan fingerprint density at radius 1 is 1.05 bits per heavy atom. The van der Waals surface area contributed by atoms with Gasteiger partial charge in [-0.2, -0.15) is 0 Å². The molecule has 3 aromatic rings. The number of methoxy groups -OCH3 is 1. The smallest absolute Gasteiger partial charge is 0.142 e. The third-order valence-electron chi connectivity index (χ3n) is 3.73. The molecule has 0 saturated carbocycles. The van der Waals surface area contributed by atoms with Crippen LogP contribution in [0, 0.1) is 0 Å². The lowest BCUT2D eigenvalue weighted by atomic mass is 10.1. The Balaban J connectivity index is 1.61. The van der Waals surface area contributed by atoms with Crippen LogP contribution in [0.5, 0.6) is 5.75 Å². The molecule has 0 bridgehead atoms. The monoisotopic (exact) mass is 280 g/mol. The zero-order valence-electron chi connectivity index (χ0n) is 12.2. The normalized spacial score (nSPS) is 10.9. The standard InChI is InChI=1S/C18H20N2O/c1-21-17-9-5-8-16-15(13-20-18(16)17)10-11-19-12-14-6-3-2-4-7-14/h2-9,13,19-20H,10-12H2,1H3. The van der Waals surface area contributed by atoms with E-state index in [1.807, 2.05) is 18.2 Å². The molecule has 0 unspecified atom stereocenters. The van der Waals surface area contributed by atoms with Crippen molar-refractivity contribution in [3.63, 3.8) is 0 Å². The Kier molecular flexibility index (Phi) is 4.22. The molecule has 0 radical (unpaired) electrons. The summed E-state index contributed by atoms with van der Waals surface area (Å²) in [6, 6.07) is 16.6. The molecule has 3 nitrogen and oxygen atoms in total. The average molecular weight is 280 g/mol. The second-order valence-electron chi connectivity index (χ2n) is 5.11. The Morgan fingerprint density at radius 3 is 2.71 bits per heavy atom. The fourth-order valence-corrected chi connectivity index (χ4v) is 2.61. The number of hydrogen-bond donors (Lipinski definition) is 2. The summed E-state index contributed by atoms with van der Waals surface area (Å²) in [4.78, 5) is 3.31. The first-order chi connectivity index (χ1) is 10.4. The van der Waals surface area contributed by atoms with Crippen molar-refractivity contribution < 1.29 is 4.74 Å². The number of aromatic amines is 1. The number of rotatable bonds is 6. The van der Waals surface area contributed by atoms with Gasteiger partial charge in [0.05, 0.1) is 12.6 Å². The maximum Gasteiger partial charge on any atom is 0.142 e. The molecule has 3 rings (SSSR count). The number of H-pyrrole nitrogens is 1. The first-order valence-electron chi connectivity index (χ1n) is 7.26. The van der Waals surface area contributed by atoms with Gasteiger partial charge in [-0.1, -0.05) is 42.5 Å². The lowest BCUT2D eigenvalue weighted by Gasteiger charge is -2.05. The van der Waals surface area contributed by atoms with E-state index in [2.05, 4.69) is 46.8 Å². The van der Waals surface area contributed by atoms with Crippen molar-refractivity contribution in [3.05, 3.63) is 65.9 Å². The van der Waals surface area contributed by atoms with Crippen LogP contribution in [-0.2, 0) is 13.0 Å². The molecule has 2 aromatic carbocycles. The lowest BCUT2D eigenvalue weighted by Crippen LogP contribution is -2.16. The van der Waals surface area contributed by atoms with Gasteiger partial charge in [0.1, 0.15) is 5.75 Å². The fraction of sp³-hybridized carbons (Fsp3) is 0.222. The van der Waals surface area contributed by atoms with Gasteiger partial charge < -0.3 is 15.0 Å². The van der Waals surface area contributed by atoms with Gasteiger partial charge in [0.2, 0.25) is 0 Å². The molecule has 0 amide bonds. The van der Waals surface area contributed by atoms with Crippen molar-refractivity contribution in [2.24, 2.45) is 0 Å². The summed E-state index contributed by atoms with van der Waals surface area (Å²) in [6.45, 7) is 1.87. The van der Waals surface area contributed by atoms with E-state index in [1.54, 1.807) is 7.11 Å². The molecule has 2 N–H and O–H groups in total. The molecule has 21 heavy (non-hydrogen) atoms. The van der Waals surface area contributed by atoms with Gasteiger partial charge in [0, 0.05) is 18.1 Å². The van der Waals surface area contributed by atoms with Crippen molar-refractivity contribution in [2.75, 3.05) is 13.7 Å². The number of para-hydroxylation sites is 1. The van der Waals surface area contributed by atoms with Crippen LogP contribution in [0.4, 0.5) is 0 Å². The SMILES string of the molecule is COc1cccc2c(CCNCc3ccccc3)c[nH]c12. The molecule has 0 atom stereocenters. The highest BCUT2D eigenvalue weighted by Gasteiger charge is 2.07. The largest absolute Gasteiger partial charge is 0.495 e. The average Bonchev–Trinajstić information content (AvgIpc) is 2.96. The number of fused-ring (bicyclic) bond motifs is 1. The highest BCUT2D eigenvalue weighted by atomic mass is 16.5. The van der Waals surface area contributed by atoms with E-state index in [0.29, 0.717) is 0 Å². The zero-order chi connectivity index (χ0) is 14.5. The van der Waals surface area contributed by atoms with E-state index in [1.165, 1.54) is 16.5 Å². The first-order valence-corrected chi connectivity index (χ1v) is 7.26. The van der Waals surface area contributed by atoms with E-state index >= 15 is 0 Å². The van der Waals surface area contributed by atoms with Gasteiger partial charge in [0.15, 0.2) is 0 Å². The predicted molar refractivity (Wildman–Crippen MR) is 86.7 cm³/mol. The van der Waals surface area contributed by atoms with Crippen LogP contribution >= 0.6 is 0 Å². The molecule has 0 aliphatic heterocycles. The molecule has 0 fully saturated rings. The molecule has 1 heterocycles. The quantitative estimate of drug-likeness (QED) is 0.678. The number of aromatic nitrogens is 1. The lowest BCUT2D eigenvalue weighted by molar-refractivity contribution is 0.419. The summed E-state index contributed by atoms with van der Waals surface area (Å²) in [6.07, 6.45) is 3.08. The minimum absolute atomic E-state index is 0.899. The van der Waals surface area contributed by atoms with Crippen LogP contribution in [-0.4, -0.2) is 18.6 Å². The number of hydrogen-bond acceptors (Lipinski definition) is 2. The molecular formula is C18H20N2O. The molecule has 108 valence electrons. The van der Waals surface area contributed by atoms with Crippen molar-refractivity contribution in [2.45, 2.75) is 13.0 Å². The van der Waals surface area contributed by atoms with Crippen molar-refractivity contribution in [1.29, 1.82) is 0 Å². The van der Waals surface area contributed by atoms with Crippen LogP contribution in [0.25, 0.3) is 10.9 Å². The maximum absolute atomic E-state index is 5.38. The van der Waals surface area contributed by atoms with E-state index in [0.717, 1.165) is 30.8 Å². The Labute approximate surface area is 125 Å². The molecule has 0 saturated heterocycles. The summed E-state index contributed by atoms with van der Waals surface area (Å²) in [5.41, 5.74) is 3.72. The van der Waals surface area contributed by atoms with Gasteiger partial charge in [-0.3, -0.25) is 0 Å². The van der Waals surface area contributed by atoms with Crippen LogP contribution in [0.2, 0.25) is 0 Å². The summed E-state index contributed by atoms with van der Waals surface area (Å²) in [7, 11) is 1.71. The van der Waals surface area contributed by atoms with Crippen molar-refractivity contribution in [3.8, 4) is 5.75 Å². The van der Waals surface area contributed by atoms with Crippen LogP contribution in [0.3, 0.4) is 0 Å². The van der Waals surface area contributed by atoms with Gasteiger partial charge in [-0.15, -0.1) is 0 Å². The van der Waals surface area contributed by atoms with Crippen LogP contribution < -0.4 is 10.1 Å². The van der Waals surface area contributed by atoms with Gasteiger partial charge in [-0.25, -0.2) is 0 Å². The predicted octanol–water partition coefficient (Wildman–Crippen LogP) is 3.51. The minimum atomic E-state index is 0.899. The van der Waals surface area contributed by atoms with E-state index in [4.69, 9.17) is 4.74 Å². The summed E-state index contributed by atoms with van der Waals surface area (Å²) >= 11 is 0. The van der Waals surface area contributed by atoms with Crippen LogP contribution in [0.1, 0.15) is 11.1 Å². The summed E-state index contributed by atoms with van der Waals surface area (Å²) in [5.74, 6) is 0.899.